The fourth-order valence-corrected chi connectivity index (χ4v) is 0.869. The number of nitrogens with two attached hydrogens (primary N) is 2. The van der Waals surface area contributed by atoms with E-state index in [1.807, 2.05) is 12.1 Å². The Labute approximate surface area is 82.6 Å². The quantitative estimate of drug-likeness (QED) is 0.285. The maximum atomic E-state index is 8.35. The molecule has 1 rings (SSSR count). The normalized spacial score (nSPS) is 10.7. The van der Waals surface area contributed by atoms with Crippen molar-refractivity contribution in [2.45, 2.75) is 6.54 Å². The van der Waals surface area contributed by atoms with E-state index >= 15 is 0 Å². The maximum absolute atomic E-state index is 8.35. The predicted octanol–water partition coefficient (Wildman–Crippen LogP) is 0.662. The van der Waals surface area contributed by atoms with E-state index in [1.54, 1.807) is 12.1 Å². The van der Waals surface area contributed by atoms with Crippen molar-refractivity contribution in [3.63, 3.8) is 0 Å². The summed E-state index contributed by atoms with van der Waals surface area (Å²) in [4.78, 5) is 0. The van der Waals surface area contributed by atoms with Crippen LogP contribution < -0.4 is 11.5 Å². The van der Waals surface area contributed by atoms with Gasteiger partial charge in [-0.15, -0.1) is 12.4 Å². The molecule has 0 aliphatic heterocycles. The summed E-state index contributed by atoms with van der Waals surface area (Å²) in [5, 5.41) is 11.2. The Morgan fingerprint density at radius 1 is 1.31 bits per heavy atom. The predicted molar refractivity (Wildman–Crippen MR) is 54.1 cm³/mol. The smallest absolute Gasteiger partial charge is 0.170 e. The van der Waals surface area contributed by atoms with E-state index in [2.05, 4.69) is 5.16 Å². The van der Waals surface area contributed by atoms with Gasteiger partial charge in [-0.25, -0.2) is 0 Å². The highest BCUT2D eigenvalue weighted by atomic mass is 35.5. The van der Waals surface area contributed by atoms with Gasteiger partial charge in [0.25, 0.3) is 0 Å². The summed E-state index contributed by atoms with van der Waals surface area (Å²) in [5.74, 6) is 0.110. The molecule has 5 N–H and O–H groups in total. The van der Waals surface area contributed by atoms with Crippen molar-refractivity contribution in [2.75, 3.05) is 0 Å². The number of oxime groups is 1. The number of halogens is 1. The molecule has 0 fully saturated rings. The van der Waals surface area contributed by atoms with Gasteiger partial charge in [-0.05, 0) is 5.56 Å². The van der Waals surface area contributed by atoms with Gasteiger partial charge < -0.3 is 16.7 Å². The summed E-state index contributed by atoms with van der Waals surface area (Å²) in [6.07, 6.45) is 0. The Kier molecular flexibility index (Phi) is 4.87. The van der Waals surface area contributed by atoms with Crippen LogP contribution >= 0.6 is 12.4 Å². The first-order chi connectivity index (χ1) is 5.77. The molecule has 0 aliphatic carbocycles. The van der Waals surface area contributed by atoms with Crippen LogP contribution in [0, 0.1) is 0 Å². The zero-order valence-corrected chi connectivity index (χ0v) is 7.79. The molecule has 1 aromatic rings. The van der Waals surface area contributed by atoms with E-state index in [9.17, 15) is 0 Å². The molecule has 0 amide bonds. The molecule has 72 valence electrons. The van der Waals surface area contributed by atoms with Crippen molar-refractivity contribution < 1.29 is 5.21 Å². The van der Waals surface area contributed by atoms with Crippen molar-refractivity contribution in [3.05, 3.63) is 35.4 Å². The topological polar surface area (TPSA) is 84.6 Å². The van der Waals surface area contributed by atoms with Crippen LogP contribution in [0.5, 0.6) is 0 Å². The Morgan fingerprint density at radius 2 is 1.85 bits per heavy atom. The molecule has 0 heterocycles. The van der Waals surface area contributed by atoms with E-state index in [1.165, 1.54) is 0 Å². The average Bonchev–Trinajstić information content (AvgIpc) is 2.17. The van der Waals surface area contributed by atoms with E-state index in [4.69, 9.17) is 16.7 Å². The molecule has 0 atom stereocenters. The first kappa shape index (κ1) is 11.7. The standard InChI is InChI=1S/C8H11N3O.ClH/c9-5-6-1-3-7(4-2-6)8(10)11-12;/h1-4,12H,5,9H2,(H2,10,11);1H. The molecular formula is C8H12ClN3O. The SMILES string of the molecule is Cl.NCc1ccc(/C(N)=N/O)cc1. The summed E-state index contributed by atoms with van der Waals surface area (Å²) in [6, 6.07) is 7.20. The highest BCUT2D eigenvalue weighted by molar-refractivity contribution is 5.96. The van der Waals surface area contributed by atoms with E-state index in [0.717, 1.165) is 5.56 Å². The summed E-state index contributed by atoms with van der Waals surface area (Å²) in [7, 11) is 0. The van der Waals surface area contributed by atoms with Crippen LogP contribution in [0.2, 0.25) is 0 Å². The number of benzene rings is 1. The molecule has 0 aromatic heterocycles. The monoisotopic (exact) mass is 201 g/mol. The minimum Gasteiger partial charge on any atom is -0.409 e. The molecule has 0 saturated carbocycles. The van der Waals surface area contributed by atoms with Gasteiger partial charge >= 0.3 is 0 Å². The summed E-state index contributed by atoms with van der Waals surface area (Å²) < 4.78 is 0. The highest BCUT2D eigenvalue weighted by Gasteiger charge is 1.97. The lowest BCUT2D eigenvalue weighted by atomic mass is 10.1. The first-order valence-corrected chi connectivity index (χ1v) is 3.55. The van der Waals surface area contributed by atoms with Crippen molar-refractivity contribution in [1.29, 1.82) is 0 Å². The Morgan fingerprint density at radius 3 is 2.23 bits per heavy atom. The Balaban J connectivity index is 0.00000144. The van der Waals surface area contributed by atoms with Crippen molar-refractivity contribution in [3.8, 4) is 0 Å². The number of amidine groups is 1. The minimum absolute atomic E-state index is 0. The largest absolute Gasteiger partial charge is 0.409 e. The van der Waals surface area contributed by atoms with Crippen LogP contribution in [0.4, 0.5) is 0 Å². The minimum atomic E-state index is 0. The van der Waals surface area contributed by atoms with Crippen LogP contribution in [0.25, 0.3) is 0 Å². The second-order valence-corrected chi connectivity index (χ2v) is 2.39. The second-order valence-electron chi connectivity index (χ2n) is 2.39. The van der Waals surface area contributed by atoms with Gasteiger partial charge in [0.05, 0.1) is 0 Å². The molecule has 13 heavy (non-hydrogen) atoms. The van der Waals surface area contributed by atoms with E-state index in [0.29, 0.717) is 12.1 Å². The number of rotatable bonds is 2. The van der Waals surface area contributed by atoms with Crippen molar-refractivity contribution in [1.82, 2.24) is 0 Å². The molecule has 0 spiro atoms. The number of hydrogen-bond donors (Lipinski definition) is 3. The molecule has 0 bridgehead atoms. The van der Waals surface area contributed by atoms with Crippen molar-refractivity contribution >= 4 is 18.2 Å². The molecule has 5 heteroatoms. The fraction of sp³-hybridized carbons (Fsp3) is 0.125. The fourth-order valence-electron chi connectivity index (χ4n) is 0.869. The van der Waals surface area contributed by atoms with E-state index < -0.39 is 0 Å². The van der Waals surface area contributed by atoms with Gasteiger partial charge in [-0.3, -0.25) is 0 Å². The molecule has 0 radical (unpaired) electrons. The third-order valence-corrected chi connectivity index (χ3v) is 1.59. The van der Waals surface area contributed by atoms with Crippen LogP contribution in [0.15, 0.2) is 29.4 Å². The molecule has 4 nitrogen and oxygen atoms in total. The Bertz CT molecular complexity index is 284. The molecule has 0 aliphatic rings. The van der Waals surface area contributed by atoms with Gasteiger partial charge in [0.15, 0.2) is 5.84 Å². The van der Waals surface area contributed by atoms with Gasteiger partial charge in [0.1, 0.15) is 0 Å². The van der Waals surface area contributed by atoms with Crippen LogP contribution in [0.3, 0.4) is 0 Å². The lowest BCUT2D eigenvalue weighted by Crippen LogP contribution is -2.12. The van der Waals surface area contributed by atoms with Crippen LogP contribution in [0.1, 0.15) is 11.1 Å². The zero-order valence-electron chi connectivity index (χ0n) is 6.97. The molecular weight excluding hydrogens is 190 g/mol. The molecule has 1 aromatic carbocycles. The highest BCUT2D eigenvalue weighted by Crippen LogP contribution is 2.02. The average molecular weight is 202 g/mol. The van der Waals surface area contributed by atoms with Crippen LogP contribution in [-0.2, 0) is 6.54 Å². The third kappa shape index (κ3) is 2.93. The molecule has 0 saturated heterocycles. The third-order valence-electron chi connectivity index (χ3n) is 1.59. The summed E-state index contributed by atoms with van der Waals surface area (Å²) >= 11 is 0. The summed E-state index contributed by atoms with van der Waals surface area (Å²) in [6.45, 7) is 0.496. The zero-order chi connectivity index (χ0) is 8.97. The number of nitrogens with zero attached hydrogens (tertiary/aromatic N) is 1. The first-order valence-electron chi connectivity index (χ1n) is 3.55. The molecule has 0 unspecified atom stereocenters. The lowest BCUT2D eigenvalue weighted by Gasteiger charge is -1.99. The van der Waals surface area contributed by atoms with Crippen molar-refractivity contribution in [2.24, 2.45) is 16.6 Å². The van der Waals surface area contributed by atoms with Gasteiger partial charge in [-0.1, -0.05) is 29.4 Å². The lowest BCUT2D eigenvalue weighted by molar-refractivity contribution is 0.318. The Hall–Kier alpha value is -1.26. The van der Waals surface area contributed by atoms with Gasteiger partial charge in [0.2, 0.25) is 0 Å². The van der Waals surface area contributed by atoms with E-state index in [-0.39, 0.29) is 18.2 Å². The van der Waals surface area contributed by atoms with Crippen LogP contribution in [-0.4, -0.2) is 11.0 Å². The second kappa shape index (κ2) is 5.40. The van der Waals surface area contributed by atoms with Gasteiger partial charge in [0, 0.05) is 12.1 Å². The number of hydrogen-bond acceptors (Lipinski definition) is 3. The maximum Gasteiger partial charge on any atom is 0.170 e. The summed E-state index contributed by atoms with van der Waals surface area (Å²) in [5.41, 5.74) is 12.5. The van der Waals surface area contributed by atoms with Gasteiger partial charge in [-0.2, -0.15) is 0 Å².